The summed E-state index contributed by atoms with van der Waals surface area (Å²) in [5, 5.41) is 8.71. The number of carbonyl (C=O) groups excluding carboxylic acids is 1. The highest BCUT2D eigenvalue weighted by Gasteiger charge is 2.31. The molecule has 0 saturated carbocycles. The molecule has 0 unspecified atom stereocenters. The van der Waals surface area contributed by atoms with E-state index in [0.717, 1.165) is 5.56 Å². The molecule has 2 aromatic carbocycles. The van der Waals surface area contributed by atoms with Crippen LogP contribution in [-0.4, -0.2) is 32.7 Å². The normalized spacial score (nSPS) is 15.3. The summed E-state index contributed by atoms with van der Waals surface area (Å²) in [4.78, 5) is 25.0. The molecule has 0 radical (unpaired) electrons. The number of rotatable bonds is 7. The number of carboxylic acids is 1. The minimum absolute atomic E-state index is 0.00831. The third-order valence-corrected chi connectivity index (χ3v) is 5.25. The van der Waals surface area contributed by atoms with E-state index in [-0.39, 0.29) is 18.1 Å². The van der Waals surface area contributed by atoms with Crippen LogP contribution in [-0.2, 0) is 9.59 Å². The molecule has 0 aromatic heterocycles. The number of ether oxygens (including phenoxy) is 1. The Bertz CT molecular complexity index is 926. The fraction of sp³-hybridized carbons (Fsp3) is 0.150. The number of aliphatic carboxylic acids is 1. The molecule has 0 atom stereocenters. The summed E-state index contributed by atoms with van der Waals surface area (Å²) in [6.07, 6.45) is 2.08. The number of thiocarbonyl (C=S) groups is 1. The van der Waals surface area contributed by atoms with Crippen molar-refractivity contribution in [3.63, 3.8) is 0 Å². The maximum absolute atomic E-state index is 12.9. The number of carboxylic acid groups (broad SMARTS) is 1. The molecule has 0 aliphatic carbocycles. The van der Waals surface area contributed by atoms with Crippen molar-refractivity contribution < 1.29 is 23.8 Å². The number of amides is 1. The second kappa shape index (κ2) is 8.99. The standard InChI is InChI=1S/C20H16FNO4S2/c21-14-5-9-16(10-6-14)26-15-7-3-13(4-8-15)12-17-19(25)22(20(27)28-17)11-1-2-18(23)24/h3-10,12H,1-2,11H2,(H,23,24)/b17-12-. The number of nitrogens with zero attached hydrogens (tertiary/aromatic N) is 1. The summed E-state index contributed by atoms with van der Waals surface area (Å²) in [7, 11) is 0. The molecule has 2 aromatic rings. The molecule has 28 heavy (non-hydrogen) atoms. The maximum atomic E-state index is 12.9. The first-order valence-corrected chi connectivity index (χ1v) is 9.65. The lowest BCUT2D eigenvalue weighted by molar-refractivity contribution is -0.137. The van der Waals surface area contributed by atoms with E-state index in [9.17, 15) is 14.0 Å². The number of hydrogen-bond donors (Lipinski definition) is 1. The van der Waals surface area contributed by atoms with Gasteiger partial charge in [-0.1, -0.05) is 36.1 Å². The van der Waals surface area contributed by atoms with Gasteiger partial charge in [0.1, 0.15) is 21.6 Å². The minimum atomic E-state index is -0.899. The minimum Gasteiger partial charge on any atom is -0.481 e. The van der Waals surface area contributed by atoms with Crippen LogP contribution < -0.4 is 4.74 Å². The molecule has 1 aliphatic heterocycles. The smallest absolute Gasteiger partial charge is 0.303 e. The van der Waals surface area contributed by atoms with Gasteiger partial charge in [-0.05, 0) is 54.5 Å². The highest BCUT2D eigenvalue weighted by molar-refractivity contribution is 8.26. The average molecular weight is 417 g/mol. The summed E-state index contributed by atoms with van der Waals surface area (Å²) < 4.78 is 19.0. The van der Waals surface area contributed by atoms with Gasteiger partial charge in [0.15, 0.2) is 0 Å². The number of hydrogen-bond acceptors (Lipinski definition) is 5. The largest absolute Gasteiger partial charge is 0.481 e. The molecule has 1 amide bonds. The first-order valence-electron chi connectivity index (χ1n) is 8.43. The molecule has 1 heterocycles. The predicted octanol–water partition coefficient (Wildman–Crippen LogP) is 4.68. The lowest BCUT2D eigenvalue weighted by Gasteiger charge is -2.13. The van der Waals surface area contributed by atoms with Crippen LogP contribution in [0.1, 0.15) is 18.4 Å². The fourth-order valence-electron chi connectivity index (χ4n) is 2.50. The lowest BCUT2D eigenvalue weighted by atomic mass is 10.2. The second-order valence-corrected chi connectivity index (χ2v) is 7.63. The molecule has 5 nitrogen and oxygen atoms in total. The predicted molar refractivity (Wildman–Crippen MR) is 110 cm³/mol. The van der Waals surface area contributed by atoms with Crippen LogP contribution in [0.25, 0.3) is 6.08 Å². The molecular formula is C20H16FNO4S2. The Hall–Kier alpha value is -2.71. The zero-order chi connectivity index (χ0) is 20.1. The Morgan fingerprint density at radius 2 is 1.75 bits per heavy atom. The van der Waals surface area contributed by atoms with Crippen molar-refractivity contribution in [1.29, 1.82) is 0 Å². The van der Waals surface area contributed by atoms with E-state index in [1.807, 2.05) is 0 Å². The summed E-state index contributed by atoms with van der Waals surface area (Å²) in [5.41, 5.74) is 0.803. The van der Waals surface area contributed by atoms with Gasteiger partial charge in [0.25, 0.3) is 5.91 Å². The van der Waals surface area contributed by atoms with Crippen molar-refractivity contribution in [1.82, 2.24) is 4.90 Å². The van der Waals surface area contributed by atoms with Gasteiger partial charge < -0.3 is 9.84 Å². The van der Waals surface area contributed by atoms with Crippen molar-refractivity contribution >= 4 is 46.3 Å². The molecule has 3 rings (SSSR count). The zero-order valence-corrected chi connectivity index (χ0v) is 16.3. The second-order valence-electron chi connectivity index (χ2n) is 5.96. The van der Waals surface area contributed by atoms with Gasteiger partial charge in [0.2, 0.25) is 0 Å². The molecule has 1 fully saturated rings. The number of halogens is 1. The Balaban J connectivity index is 1.64. The van der Waals surface area contributed by atoms with Crippen LogP contribution in [0.3, 0.4) is 0 Å². The molecule has 1 N–H and O–H groups in total. The first-order chi connectivity index (χ1) is 13.4. The van der Waals surface area contributed by atoms with Gasteiger partial charge in [0.05, 0.1) is 4.91 Å². The van der Waals surface area contributed by atoms with Crippen LogP contribution in [0, 0.1) is 5.82 Å². The monoisotopic (exact) mass is 417 g/mol. The Labute approximate surface area is 170 Å². The quantitative estimate of drug-likeness (QED) is 0.521. The first kappa shape index (κ1) is 20.0. The summed E-state index contributed by atoms with van der Waals surface area (Å²) in [5.74, 6) is -0.333. The molecule has 0 bridgehead atoms. The molecule has 1 saturated heterocycles. The van der Waals surface area contributed by atoms with Gasteiger partial charge in [-0.15, -0.1) is 0 Å². The average Bonchev–Trinajstić information content (AvgIpc) is 2.92. The Morgan fingerprint density at radius 1 is 1.14 bits per heavy atom. The van der Waals surface area contributed by atoms with E-state index in [4.69, 9.17) is 22.1 Å². The van der Waals surface area contributed by atoms with Gasteiger partial charge in [-0.25, -0.2) is 4.39 Å². The van der Waals surface area contributed by atoms with Crippen LogP contribution in [0.2, 0.25) is 0 Å². The van der Waals surface area contributed by atoms with Crippen LogP contribution >= 0.6 is 24.0 Å². The number of benzene rings is 2. The van der Waals surface area contributed by atoms with E-state index < -0.39 is 5.97 Å². The Kier molecular flexibility index (Phi) is 6.43. The van der Waals surface area contributed by atoms with E-state index in [1.54, 1.807) is 42.5 Å². The van der Waals surface area contributed by atoms with E-state index in [1.165, 1.54) is 28.8 Å². The van der Waals surface area contributed by atoms with Crippen LogP contribution in [0.4, 0.5) is 4.39 Å². The van der Waals surface area contributed by atoms with Crippen molar-refractivity contribution in [2.75, 3.05) is 6.54 Å². The molecule has 8 heteroatoms. The SMILES string of the molecule is O=C(O)CCCN1C(=O)/C(=C/c2ccc(Oc3ccc(F)cc3)cc2)SC1=S. The number of carbonyl (C=O) groups is 2. The van der Waals surface area contributed by atoms with E-state index >= 15 is 0 Å². The summed E-state index contributed by atoms with van der Waals surface area (Å²) in [6, 6.07) is 12.8. The molecule has 0 spiro atoms. The zero-order valence-electron chi connectivity index (χ0n) is 14.6. The fourth-order valence-corrected chi connectivity index (χ4v) is 3.81. The van der Waals surface area contributed by atoms with Gasteiger partial charge in [-0.2, -0.15) is 0 Å². The van der Waals surface area contributed by atoms with Crippen LogP contribution in [0.15, 0.2) is 53.4 Å². The van der Waals surface area contributed by atoms with Crippen molar-refractivity contribution in [3.05, 3.63) is 64.8 Å². The highest BCUT2D eigenvalue weighted by Crippen LogP contribution is 2.33. The third-order valence-electron chi connectivity index (χ3n) is 3.87. The van der Waals surface area contributed by atoms with Crippen molar-refractivity contribution in [2.45, 2.75) is 12.8 Å². The molecule has 144 valence electrons. The van der Waals surface area contributed by atoms with Crippen molar-refractivity contribution in [3.8, 4) is 11.5 Å². The van der Waals surface area contributed by atoms with Gasteiger partial charge >= 0.3 is 5.97 Å². The molecular weight excluding hydrogens is 401 g/mol. The summed E-state index contributed by atoms with van der Waals surface area (Å²) in [6.45, 7) is 0.290. The molecule has 1 aliphatic rings. The van der Waals surface area contributed by atoms with E-state index in [2.05, 4.69) is 0 Å². The highest BCUT2D eigenvalue weighted by atomic mass is 32.2. The number of thioether (sulfide) groups is 1. The van der Waals surface area contributed by atoms with Crippen LogP contribution in [0.5, 0.6) is 11.5 Å². The van der Waals surface area contributed by atoms with Gasteiger partial charge in [0, 0.05) is 13.0 Å². The topological polar surface area (TPSA) is 66.8 Å². The third kappa shape index (κ3) is 5.17. The maximum Gasteiger partial charge on any atom is 0.303 e. The Morgan fingerprint density at radius 3 is 2.36 bits per heavy atom. The van der Waals surface area contributed by atoms with Gasteiger partial charge in [-0.3, -0.25) is 14.5 Å². The van der Waals surface area contributed by atoms with Crippen molar-refractivity contribution in [2.24, 2.45) is 0 Å². The summed E-state index contributed by atoms with van der Waals surface area (Å²) >= 11 is 6.42. The lowest BCUT2D eigenvalue weighted by Crippen LogP contribution is -2.29. The van der Waals surface area contributed by atoms with E-state index in [0.29, 0.717) is 33.7 Å².